The van der Waals surface area contributed by atoms with Crippen LogP contribution in [0.3, 0.4) is 0 Å². The summed E-state index contributed by atoms with van der Waals surface area (Å²) in [5.74, 6) is -0.145. The molecule has 106 valence electrons. The minimum atomic E-state index is -0.145. The Balaban J connectivity index is 2.15. The first-order chi connectivity index (χ1) is 9.13. The molecule has 1 fully saturated rings. The number of anilines is 1. The number of nitrogens with zero attached hydrogens (tertiary/aromatic N) is 1. The minimum absolute atomic E-state index is 0.145. The summed E-state index contributed by atoms with van der Waals surface area (Å²) in [5, 5.41) is 3.12. The van der Waals surface area contributed by atoms with E-state index in [9.17, 15) is 4.39 Å². The number of halogens is 1. The van der Waals surface area contributed by atoms with Crippen molar-refractivity contribution in [1.82, 2.24) is 5.32 Å². The largest absolute Gasteiger partial charge is 0.381 e. The maximum Gasteiger partial charge on any atom is 0.146 e. The van der Waals surface area contributed by atoms with Crippen LogP contribution in [0.2, 0.25) is 0 Å². The summed E-state index contributed by atoms with van der Waals surface area (Å²) in [6, 6.07) is 6.04. The molecule has 3 nitrogen and oxygen atoms in total. The predicted molar refractivity (Wildman–Crippen MR) is 76.1 cm³/mol. The standard InChI is InChI=1S/C15H23FN2O/c1-11(17-2)12-4-5-15(14(16)10-12)18(3)13-6-8-19-9-7-13/h4-5,10-11,13,17H,6-9H2,1-3H3. The lowest BCUT2D eigenvalue weighted by atomic mass is 10.0. The van der Waals surface area contributed by atoms with E-state index in [-0.39, 0.29) is 11.9 Å². The minimum Gasteiger partial charge on any atom is -0.381 e. The highest BCUT2D eigenvalue weighted by molar-refractivity contribution is 5.49. The molecule has 4 heteroatoms. The molecule has 0 spiro atoms. The van der Waals surface area contributed by atoms with E-state index in [1.807, 2.05) is 38.1 Å². The summed E-state index contributed by atoms with van der Waals surface area (Å²) in [4.78, 5) is 2.05. The summed E-state index contributed by atoms with van der Waals surface area (Å²) in [7, 11) is 3.85. The molecule has 1 saturated heterocycles. The lowest BCUT2D eigenvalue weighted by Crippen LogP contribution is -2.37. The number of hydrogen-bond acceptors (Lipinski definition) is 3. The van der Waals surface area contributed by atoms with Crippen molar-refractivity contribution in [1.29, 1.82) is 0 Å². The van der Waals surface area contributed by atoms with E-state index in [4.69, 9.17) is 4.74 Å². The Morgan fingerprint density at radius 3 is 2.63 bits per heavy atom. The Morgan fingerprint density at radius 2 is 2.05 bits per heavy atom. The Kier molecular flexibility index (Phi) is 4.77. The van der Waals surface area contributed by atoms with Gasteiger partial charge in [0.05, 0.1) is 5.69 Å². The van der Waals surface area contributed by atoms with E-state index in [1.54, 1.807) is 6.07 Å². The van der Waals surface area contributed by atoms with Gasteiger partial charge < -0.3 is 15.0 Å². The van der Waals surface area contributed by atoms with Gasteiger partial charge in [0.25, 0.3) is 0 Å². The molecule has 2 rings (SSSR count). The molecule has 1 aromatic rings. The summed E-state index contributed by atoms with van der Waals surface area (Å²) < 4.78 is 19.6. The van der Waals surface area contributed by atoms with Crippen LogP contribution < -0.4 is 10.2 Å². The first kappa shape index (κ1) is 14.3. The van der Waals surface area contributed by atoms with E-state index in [1.165, 1.54) is 0 Å². The first-order valence-corrected chi connectivity index (χ1v) is 6.90. The predicted octanol–water partition coefficient (Wildman–Crippen LogP) is 2.72. The third-order valence-corrected chi connectivity index (χ3v) is 4.02. The average molecular weight is 266 g/mol. The zero-order valence-electron chi connectivity index (χ0n) is 11.9. The quantitative estimate of drug-likeness (QED) is 0.907. The summed E-state index contributed by atoms with van der Waals surface area (Å²) in [6.45, 7) is 3.56. The van der Waals surface area contributed by atoms with Crippen molar-refractivity contribution in [3.63, 3.8) is 0 Å². The summed E-state index contributed by atoms with van der Waals surface area (Å²) >= 11 is 0. The topological polar surface area (TPSA) is 24.5 Å². The summed E-state index contributed by atoms with van der Waals surface area (Å²) in [6.07, 6.45) is 1.93. The zero-order valence-corrected chi connectivity index (χ0v) is 11.9. The maximum absolute atomic E-state index is 14.3. The van der Waals surface area contributed by atoms with Gasteiger partial charge in [-0.3, -0.25) is 0 Å². The second kappa shape index (κ2) is 6.35. The number of nitrogens with one attached hydrogen (secondary N) is 1. The van der Waals surface area contributed by atoms with Gasteiger partial charge in [-0.1, -0.05) is 6.07 Å². The normalized spacial score (nSPS) is 18.3. The van der Waals surface area contributed by atoms with Gasteiger partial charge in [0.2, 0.25) is 0 Å². The Morgan fingerprint density at radius 1 is 1.37 bits per heavy atom. The second-order valence-electron chi connectivity index (χ2n) is 5.18. The lowest BCUT2D eigenvalue weighted by Gasteiger charge is -2.33. The molecule has 1 aliphatic rings. The highest BCUT2D eigenvalue weighted by Gasteiger charge is 2.21. The molecule has 0 saturated carbocycles. The maximum atomic E-state index is 14.3. The second-order valence-corrected chi connectivity index (χ2v) is 5.18. The van der Waals surface area contributed by atoms with Crippen LogP contribution in [-0.2, 0) is 4.74 Å². The van der Waals surface area contributed by atoms with Gasteiger partial charge in [0, 0.05) is 32.3 Å². The fourth-order valence-electron chi connectivity index (χ4n) is 2.51. The van der Waals surface area contributed by atoms with Crippen molar-refractivity contribution in [2.45, 2.75) is 31.8 Å². The number of hydrogen-bond donors (Lipinski definition) is 1. The summed E-state index contributed by atoms with van der Waals surface area (Å²) in [5.41, 5.74) is 1.66. The van der Waals surface area contributed by atoms with Gasteiger partial charge in [0.1, 0.15) is 5.82 Å². The molecule has 1 heterocycles. The van der Waals surface area contributed by atoms with Crippen molar-refractivity contribution in [2.24, 2.45) is 0 Å². The SMILES string of the molecule is CNC(C)c1ccc(N(C)C2CCOCC2)c(F)c1. The monoisotopic (exact) mass is 266 g/mol. The molecule has 0 aliphatic carbocycles. The fourth-order valence-corrected chi connectivity index (χ4v) is 2.51. The van der Waals surface area contributed by atoms with Crippen molar-refractivity contribution in [3.05, 3.63) is 29.6 Å². The molecule has 1 unspecified atom stereocenters. The number of ether oxygens (including phenoxy) is 1. The third kappa shape index (κ3) is 3.25. The van der Waals surface area contributed by atoms with Crippen molar-refractivity contribution < 1.29 is 9.13 Å². The average Bonchev–Trinajstić information content (AvgIpc) is 2.46. The van der Waals surface area contributed by atoms with E-state index in [0.29, 0.717) is 11.7 Å². The van der Waals surface area contributed by atoms with Gasteiger partial charge >= 0.3 is 0 Å². The molecule has 19 heavy (non-hydrogen) atoms. The van der Waals surface area contributed by atoms with Crippen LogP contribution in [0.5, 0.6) is 0 Å². The molecule has 0 radical (unpaired) electrons. The lowest BCUT2D eigenvalue weighted by molar-refractivity contribution is 0.0853. The van der Waals surface area contributed by atoms with Crippen LogP contribution in [0.25, 0.3) is 0 Å². The van der Waals surface area contributed by atoms with Crippen molar-refractivity contribution >= 4 is 5.69 Å². The van der Waals surface area contributed by atoms with E-state index in [0.717, 1.165) is 31.6 Å². The molecule has 0 aromatic heterocycles. The van der Waals surface area contributed by atoms with Gasteiger partial charge in [-0.15, -0.1) is 0 Å². The van der Waals surface area contributed by atoms with Gasteiger partial charge in [-0.2, -0.15) is 0 Å². The van der Waals surface area contributed by atoms with Crippen LogP contribution in [0.4, 0.5) is 10.1 Å². The van der Waals surface area contributed by atoms with E-state index >= 15 is 0 Å². The van der Waals surface area contributed by atoms with E-state index < -0.39 is 0 Å². The van der Waals surface area contributed by atoms with Gasteiger partial charge in [0.15, 0.2) is 0 Å². The smallest absolute Gasteiger partial charge is 0.146 e. The van der Waals surface area contributed by atoms with Crippen molar-refractivity contribution in [2.75, 3.05) is 32.2 Å². The molecular weight excluding hydrogens is 243 g/mol. The van der Waals surface area contributed by atoms with Crippen LogP contribution >= 0.6 is 0 Å². The Bertz CT molecular complexity index is 419. The number of benzene rings is 1. The number of rotatable bonds is 4. The zero-order chi connectivity index (χ0) is 13.8. The highest BCUT2D eigenvalue weighted by Crippen LogP contribution is 2.26. The third-order valence-electron chi connectivity index (χ3n) is 4.02. The Labute approximate surface area is 114 Å². The van der Waals surface area contributed by atoms with Crippen molar-refractivity contribution in [3.8, 4) is 0 Å². The Hall–Kier alpha value is -1.13. The molecule has 0 bridgehead atoms. The van der Waals surface area contributed by atoms with Crippen LogP contribution in [0, 0.1) is 5.82 Å². The molecule has 1 atom stereocenters. The van der Waals surface area contributed by atoms with E-state index in [2.05, 4.69) is 5.32 Å². The molecule has 1 N–H and O–H groups in total. The van der Waals surface area contributed by atoms with Gasteiger partial charge in [-0.05, 0) is 44.5 Å². The van der Waals surface area contributed by atoms with Gasteiger partial charge in [-0.25, -0.2) is 4.39 Å². The molecule has 0 amide bonds. The van der Waals surface area contributed by atoms with Crippen LogP contribution in [0.15, 0.2) is 18.2 Å². The highest BCUT2D eigenvalue weighted by atomic mass is 19.1. The molecule has 1 aliphatic heterocycles. The van der Waals surface area contributed by atoms with Crippen LogP contribution in [0.1, 0.15) is 31.4 Å². The van der Waals surface area contributed by atoms with Crippen LogP contribution in [-0.4, -0.2) is 33.4 Å². The molecular formula is C15H23FN2O. The molecule has 1 aromatic carbocycles. The fraction of sp³-hybridized carbons (Fsp3) is 0.600. The first-order valence-electron chi connectivity index (χ1n) is 6.90.